The van der Waals surface area contributed by atoms with Crippen molar-refractivity contribution in [1.82, 2.24) is 31.1 Å². The fourth-order valence-corrected chi connectivity index (χ4v) is 7.22. The molecular weight excluding hydrogens is 512 g/mol. The maximum absolute atomic E-state index is 12.9. The van der Waals surface area contributed by atoms with E-state index in [0.29, 0.717) is 50.8 Å². The first kappa shape index (κ1) is 30.1. The summed E-state index contributed by atoms with van der Waals surface area (Å²) < 4.78 is 11.8. The van der Waals surface area contributed by atoms with Crippen LogP contribution in [0.4, 0.5) is 0 Å². The van der Waals surface area contributed by atoms with Crippen LogP contribution in [0.2, 0.25) is 0 Å². The lowest BCUT2D eigenvalue weighted by Crippen LogP contribution is -2.64. The first-order valence-electron chi connectivity index (χ1n) is 15.9. The predicted octanol–water partition coefficient (Wildman–Crippen LogP) is -0.157. The van der Waals surface area contributed by atoms with E-state index in [1.807, 2.05) is 11.8 Å². The highest BCUT2D eigenvalue weighted by atomic mass is 16.5. The zero-order valence-corrected chi connectivity index (χ0v) is 24.3. The van der Waals surface area contributed by atoms with E-state index in [1.165, 1.54) is 6.42 Å². The van der Waals surface area contributed by atoms with Crippen molar-refractivity contribution in [3.8, 4) is 0 Å². The van der Waals surface area contributed by atoms with Gasteiger partial charge in [-0.1, -0.05) is 6.92 Å². The number of carbonyl (C=O) groups excluding carboxylic acids is 2. The first-order chi connectivity index (χ1) is 19.5. The number of ether oxygens (including phenoxy) is 2. The highest BCUT2D eigenvalue weighted by Crippen LogP contribution is 2.37. The van der Waals surface area contributed by atoms with Crippen LogP contribution in [-0.2, 0) is 19.1 Å². The Balaban J connectivity index is 0.948. The van der Waals surface area contributed by atoms with Crippen molar-refractivity contribution in [3.05, 3.63) is 0 Å². The fraction of sp³-hybridized carbons (Fsp3) is 0.931. The molecule has 4 saturated heterocycles. The number of hydrogen-bond donors (Lipinski definition) is 5. The smallest absolute Gasteiger partial charge is 0.223 e. The second kappa shape index (κ2) is 14.7. The van der Waals surface area contributed by atoms with E-state index in [4.69, 9.17) is 9.47 Å². The molecule has 228 valence electrons. The van der Waals surface area contributed by atoms with Gasteiger partial charge in [0, 0.05) is 57.6 Å². The van der Waals surface area contributed by atoms with Gasteiger partial charge in [0.1, 0.15) is 0 Å². The molecule has 0 spiro atoms. The standard InChI is InChI=1S/C29H52N6O5/c1-2-3-28(37)35-15-23(16-35)33-27-11-21(6-8-31-27)29(38)32-12-24(36)17-34-9-7-20-10-25(5-4-22(20)14-34)39-18-26-13-30-19-40-26/h20-27,30-31,33,36H,2-19H2,1H3,(H,32,38)/t20?,21?,22?,24-,25?,26?,27?/m0/s1. The number of carbonyl (C=O) groups is 2. The third-order valence-electron chi connectivity index (χ3n) is 9.60. The van der Waals surface area contributed by atoms with Gasteiger partial charge in [-0.15, -0.1) is 0 Å². The Bertz CT molecular complexity index is 823. The molecule has 6 unspecified atom stereocenters. The average molecular weight is 565 g/mol. The molecule has 40 heavy (non-hydrogen) atoms. The number of aliphatic hydroxyl groups is 1. The third kappa shape index (κ3) is 8.36. The van der Waals surface area contributed by atoms with Crippen LogP contribution in [0.15, 0.2) is 0 Å². The van der Waals surface area contributed by atoms with Gasteiger partial charge in [0.25, 0.3) is 0 Å². The van der Waals surface area contributed by atoms with E-state index < -0.39 is 6.10 Å². The molecule has 0 aromatic heterocycles. The molecular formula is C29H52N6O5. The van der Waals surface area contributed by atoms with Gasteiger partial charge in [0.15, 0.2) is 0 Å². The number of piperidine rings is 2. The summed E-state index contributed by atoms with van der Waals surface area (Å²) in [5.74, 6) is 1.59. The lowest BCUT2D eigenvalue weighted by molar-refractivity contribution is -0.136. The third-order valence-corrected chi connectivity index (χ3v) is 9.60. The molecule has 0 radical (unpaired) electrons. The molecule has 11 heteroatoms. The molecule has 4 heterocycles. The summed E-state index contributed by atoms with van der Waals surface area (Å²) >= 11 is 0. The Hall–Kier alpha value is -1.34. The predicted molar refractivity (Wildman–Crippen MR) is 151 cm³/mol. The Labute approximate surface area is 239 Å². The number of likely N-dealkylation sites (tertiary alicyclic amines) is 2. The van der Waals surface area contributed by atoms with Crippen molar-refractivity contribution in [2.45, 2.75) is 88.8 Å². The van der Waals surface area contributed by atoms with Crippen LogP contribution in [0.5, 0.6) is 0 Å². The Morgan fingerprint density at radius 2 is 2.00 bits per heavy atom. The largest absolute Gasteiger partial charge is 0.390 e. The molecule has 0 bridgehead atoms. The number of β-amino-alcohol motifs (C(OH)–C–C–N with tert-alkyl or cyclic N) is 1. The highest BCUT2D eigenvalue weighted by molar-refractivity contribution is 5.79. The molecule has 0 aromatic rings. The second-order valence-electron chi connectivity index (χ2n) is 12.8. The summed E-state index contributed by atoms with van der Waals surface area (Å²) in [7, 11) is 0. The molecule has 5 fully saturated rings. The molecule has 11 nitrogen and oxygen atoms in total. The summed E-state index contributed by atoms with van der Waals surface area (Å²) in [4.78, 5) is 29.2. The maximum atomic E-state index is 12.9. The number of amides is 2. The van der Waals surface area contributed by atoms with Crippen molar-refractivity contribution in [1.29, 1.82) is 0 Å². The van der Waals surface area contributed by atoms with Crippen LogP contribution in [0.1, 0.15) is 58.3 Å². The minimum atomic E-state index is -0.558. The Kier molecular flexibility index (Phi) is 11.1. The van der Waals surface area contributed by atoms with Crippen LogP contribution in [0.3, 0.4) is 0 Å². The number of fused-ring (bicyclic) bond motifs is 1. The number of aliphatic hydroxyl groups excluding tert-OH is 1. The number of hydrogen-bond acceptors (Lipinski definition) is 9. The lowest BCUT2D eigenvalue weighted by Gasteiger charge is -2.44. The lowest BCUT2D eigenvalue weighted by atomic mass is 9.74. The molecule has 4 aliphatic heterocycles. The Morgan fingerprint density at radius 3 is 2.80 bits per heavy atom. The van der Waals surface area contributed by atoms with E-state index in [0.717, 1.165) is 77.8 Å². The molecule has 5 rings (SSSR count). The molecule has 2 amide bonds. The molecule has 7 atom stereocenters. The maximum Gasteiger partial charge on any atom is 0.223 e. The molecule has 5 N–H and O–H groups in total. The summed E-state index contributed by atoms with van der Waals surface area (Å²) in [5.41, 5.74) is 0. The second-order valence-corrected chi connectivity index (χ2v) is 12.8. The Morgan fingerprint density at radius 1 is 1.12 bits per heavy atom. The number of nitrogens with zero attached hydrogens (tertiary/aromatic N) is 2. The van der Waals surface area contributed by atoms with Gasteiger partial charge in [-0.05, 0) is 69.9 Å². The molecule has 1 aliphatic carbocycles. The zero-order valence-electron chi connectivity index (χ0n) is 24.3. The van der Waals surface area contributed by atoms with Crippen molar-refractivity contribution in [3.63, 3.8) is 0 Å². The molecule has 0 aromatic carbocycles. The summed E-state index contributed by atoms with van der Waals surface area (Å²) in [6.45, 7) is 9.47. The highest BCUT2D eigenvalue weighted by Gasteiger charge is 2.37. The van der Waals surface area contributed by atoms with Gasteiger partial charge in [-0.2, -0.15) is 0 Å². The number of nitrogens with one attached hydrogen (secondary N) is 4. The van der Waals surface area contributed by atoms with E-state index in [1.54, 1.807) is 0 Å². The van der Waals surface area contributed by atoms with Gasteiger partial charge < -0.3 is 35.0 Å². The summed E-state index contributed by atoms with van der Waals surface area (Å²) in [6, 6.07) is 0.290. The van der Waals surface area contributed by atoms with Gasteiger partial charge >= 0.3 is 0 Å². The van der Waals surface area contributed by atoms with Gasteiger partial charge in [0.2, 0.25) is 11.8 Å². The quantitative estimate of drug-likeness (QED) is 0.220. The SMILES string of the molecule is CCCC(=O)N1CC(NC2CC(C(=O)NC[C@H](O)CN3CCC4CC(OCC5CNCO5)CCC4C3)CCN2)C1. The molecule has 5 aliphatic rings. The average Bonchev–Trinajstić information content (AvgIpc) is 3.46. The van der Waals surface area contributed by atoms with E-state index in [-0.39, 0.29) is 36.0 Å². The van der Waals surface area contributed by atoms with Crippen LogP contribution in [-0.4, -0.2) is 123 Å². The monoisotopic (exact) mass is 564 g/mol. The minimum Gasteiger partial charge on any atom is -0.390 e. The topological polar surface area (TPSA) is 127 Å². The van der Waals surface area contributed by atoms with E-state index in [9.17, 15) is 14.7 Å². The minimum absolute atomic E-state index is 0.0384. The summed E-state index contributed by atoms with van der Waals surface area (Å²) in [5, 5.41) is 24.0. The van der Waals surface area contributed by atoms with Crippen LogP contribution in [0.25, 0.3) is 0 Å². The van der Waals surface area contributed by atoms with Gasteiger partial charge in [0.05, 0.1) is 37.8 Å². The first-order valence-corrected chi connectivity index (χ1v) is 15.9. The van der Waals surface area contributed by atoms with Crippen molar-refractivity contribution < 1.29 is 24.2 Å². The van der Waals surface area contributed by atoms with Gasteiger partial charge in [-0.3, -0.25) is 20.2 Å². The van der Waals surface area contributed by atoms with E-state index in [2.05, 4.69) is 26.2 Å². The molecule has 1 saturated carbocycles. The van der Waals surface area contributed by atoms with Crippen molar-refractivity contribution in [2.24, 2.45) is 17.8 Å². The number of rotatable bonds is 12. The van der Waals surface area contributed by atoms with Gasteiger partial charge in [-0.25, -0.2) is 0 Å². The van der Waals surface area contributed by atoms with Crippen LogP contribution < -0.4 is 21.3 Å². The fourth-order valence-electron chi connectivity index (χ4n) is 7.22. The zero-order chi connectivity index (χ0) is 27.9. The van der Waals surface area contributed by atoms with Crippen molar-refractivity contribution in [2.75, 3.05) is 65.7 Å². The normalized spacial score (nSPS) is 34.2. The van der Waals surface area contributed by atoms with Crippen LogP contribution >= 0.6 is 0 Å². The van der Waals surface area contributed by atoms with Crippen LogP contribution in [0, 0.1) is 17.8 Å². The summed E-state index contributed by atoms with van der Waals surface area (Å²) in [6.07, 6.45) is 7.67. The van der Waals surface area contributed by atoms with Crippen molar-refractivity contribution >= 4 is 11.8 Å². The van der Waals surface area contributed by atoms with E-state index >= 15 is 0 Å².